The molecule has 0 heterocycles. The third-order valence-electron chi connectivity index (χ3n) is 5.56. The summed E-state index contributed by atoms with van der Waals surface area (Å²) in [5, 5.41) is 10.7. The molecule has 3 nitrogen and oxygen atoms in total. The zero-order chi connectivity index (χ0) is 22.7. The summed E-state index contributed by atoms with van der Waals surface area (Å²) in [7, 11) is 0. The molecule has 0 aromatic heterocycles. The van der Waals surface area contributed by atoms with Gasteiger partial charge in [0.2, 0.25) is 0 Å². The van der Waals surface area contributed by atoms with Crippen LogP contribution in [0.2, 0.25) is 0 Å². The lowest BCUT2D eigenvalue weighted by Gasteiger charge is -2.23. The third kappa shape index (κ3) is 10.7. The third-order valence-corrected chi connectivity index (χ3v) is 5.56. The summed E-state index contributed by atoms with van der Waals surface area (Å²) >= 11 is 0. The van der Waals surface area contributed by atoms with E-state index >= 15 is 0 Å². The van der Waals surface area contributed by atoms with Gasteiger partial charge < -0.3 is 5.11 Å². The smallest absolute Gasteiger partial charge is 0.184 e. The van der Waals surface area contributed by atoms with Crippen LogP contribution in [0.4, 0.5) is 0 Å². The first kappa shape index (κ1) is 26.0. The fraction of sp³-hybridized carbons (Fsp3) is 0.556. The predicted octanol–water partition coefficient (Wildman–Crippen LogP) is 6.74. The van der Waals surface area contributed by atoms with Gasteiger partial charge in [0.05, 0.1) is 5.60 Å². The normalized spacial score (nSPS) is 17.4. The summed E-state index contributed by atoms with van der Waals surface area (Å²) in [4.78, 5) is 23.8. The average molecular weight is 413 g/mol. The minimum atomic E-state index is -0.850. The Morgan fingerprint density at radius 1 is 0.900 bits per heavy atom. The molecule has 0 spiro atoms. The molecule has 1 aliphatic rings. The number of ketones is 2. The topological polar surface area (TPSA) is 54.4 Å². The molecule has 0 saturated carbocycles. The van der Waals surface area contributed by atoms with Crippen molar-refractivity contribution in [3.63, 3.8) is 0 Å². The standard InChI is InChI=1S/C27H40O3/c1-20(2)10-7-11-21(3)12-8-13-22(4)14-9-16-27(6,30)17-15-24-19-25(28)18-23(5)26(24)29/h10,12,14,18-19,30H,7-9,11,13,15-17H2,1-6H3. The first-order valence-electron chi connectivity index (χ1n) is 11.1. The number of hydrogen-bond acceptors (Lipinski definition) is 3. The lowest BCUT2D eigenvalue weighted by Crippen LogP contribution is -2.25. The largest absolute Gasteiger partial charge is 0.390 e. The molecule has 0 aromatic carbocycles. The molecule has 1 N–H and O–H groups in total. The maximum atomic E-state index is 12.1. The fourth-order valence-electron chi connectivity index (χ4n) is 3.49. The summed E-state index contributed by atoms with van der Waals surface area (Å²) in [6.07, 6.45) is 16.3. The van der Waals surface area contributed by atoms with Crippen molar-refractivity contribution in [2.75, 3.05) is 0 Å². The van der Waals surface area contributed by atoms with E-state index in [4.69, 9.17) is 0 Å². The van der Waals surface area contributed by atoms with Crippen LogP contribution in [-0.4, -0.2) is 22.3 Å². The first-order chi connectivity index (χ1) is 14.0. The molecule has 166 valence electrons. The van der Waals surface area contributed by atoms with E-state index in [2.05, 4.69) is 45.9 Å². The van der Waals surface area contributed by atoms with Crippen molar-refractivity contribution in [2.24, 2.45) is 0 Å². The van der Waals surface area contributed by atoms with Gasteiger partial charge in [0.1, 0.15) is 0 Å². The number of rotatable bonds is 12. The lowest BCUT2D eigenvalue weighted by atomic mass is 9.87. The maximum absolute atomic E-state index is 12.1. The highest BCUT2D eigenvalue weighted by Gasteiger charge is 2.24. The summed E-state index contributed by atoms with van der Waals surface area (Å²) < 4.78 is 0. The predicted molar refractivity (Wildman–Crippen MR) is 126 cm³/mol. The van der Waals surface area contributed by atoms with Crippen molar-refractivity contribution in [1.82, 2.24) is 0 Å². The molecule has 1 unspecified atom stereocenters. The second kappa shape index (κ2) is 12.6. The van der Waals surface area contributed by atoms with Crippen LogP contribution in [0.15, 0.2) is 58.2 Å². The van der Waals surface area contributed by atoms with Gasteiger partial charge in [-0.2, -0.15) is 0 Å². The molecular weight excluding hydrogens is 372 g/mol. The van der Waals surface area contributed by atoms with Crippen molar-refractivity contribution in [3.05, 3.63) is 58.2 Å². The molecular formula is C27H40O3. The van der Waals surface area contributed by atoms with Gasteiger partial charge in [-0.05, 0) is 105 Å². The molecule has 1 atom stereocenters. The summed E-state index contributed by atoms with van der Waals surface area (Å²) in [5.41, 5.74) is 4.31. The van der Waals surface area contributed by atoms with Crippen molar-refractivity contribution in [1.29, 1.82) is 0 Å². The van der Waals surface area contributed by atoms with Crippen molar-refractivity contribution < 1.29 is 14.7 Å². The van der Waals surface area contributed by atoms with Crippen molar-refractivity contribution in [3.8, 4) is 0 Å². The molecule has 1 aliphatic carbocycles. The fourth-order valence-corrected chi connectivity index (χ4v) is 3.49. The highest BCUT2D eigenvalue weighted by atomic mass is 16.3. The van der Waals surface area contributed by atoms with E-state index in [-0.39, 0.29) is 11.6 Å². The van der Waals surface area contributed by atoms with E-state index in [0.29, 0.717) is 30.4 Å². The van der Waals surface area contributed by atoms with E-state index in [9.17, 15) is 14.7 Å². The minimum absolute atomic E-state index is 0.0784. The van der Waals surface area contributed by atoms with Gasteiger partial charge in [0.25, 0.3) is 0 Å². The monoisotopic (exact) mass is 412 g/mol. The van der Waals surface area contributed by atoms with E-state index < -0.39 is 5.60 Å². The highest BCUT2D eigenvalue weighted by Crippen LogP contribution is 2.25. The summed E-state index contributed by atoms with van der Waals surface area (Å²) in [6, 6.07) is 0. The molecule has 3 heteroatoms. The molecule has 0 aromatic rings. The van der Waals surface area contributed by atoms with Crippen LogP contribution in [0.3, 0.4) is 0 Å². The highest BCUT2D eigenvalue weighted by molar-refractivity contribution is 6.19. The summed E-state index contributed by atoms with van der Waals surface area (Å²) in [6.45, 7) is 12.1. The number of carbonyl (C=O) groups excluding carboxylic acids is 2. The molecule has 0 amide bonds. The number of Topliss-reactive ketones (excluding diaryl/α,β-unsaturated/α-hetero) is 1. The van der Waals surface area contributed by atoms with E-state index in [1.165, 1.54) is 28.9 Å². The molecule has 0 aliphatic heterocycles. The maximum Gasteiger partial charge on any atom is 0.184 e. The Kier molecular flexibility index (Phi) is 11.0. The first-order valence-corrected chi connectivity index (χ1v) is 11.1. The second-order valence-electron chi connectivity index (χ2n) is 9.22. The van der Waals surface area contributed by atoms with Crippen molar-refractivity contribution in [2.45, 2.75) is 98.5 Å². The Labute approximate surface area is 183 Å². The second-order valence-corrected chi connectivity index (χ2v) is 9.22. The van der Waals surface area contributed by atoms with Crippen LogP contribution in [0.5, 0.6) is 0 Å². The van der Waals surface area contributed by atoms with Crippen LogP contribution in [0, 0.1) is 0 Å². The van der Waals surface area contributed by atoms with Crippen molar-refractivity contribution >= 4 is 11.6 Å². The van der Waals surface area contributed by atoms with Gasteiger partial charge in [0.15, 0.2) is 11.6 Å². The Balaban J connectivity index is 2.38. The number of allylic oxidation sites excluding steroid dienone is 10. The number of hydrogen-bond donors (Lipinski definition) is 1. The SMILES string of the molecule is CC(C)=CCCC(C)=CCCC(C)=CCCC(C)(O)CCC1=CC(=O)C=C(C)C1=O. The average Bonchev–Trinajstić information content (AvgIpc) is 2.63. The van der Waals surface area contributed by atoms with Crippen LogP contribution in [-0.2, 0) is 9.59 Å². The summed E-state index contributed by atoms with van der Waals surface area (Å²) in [5.74, 6) is -0.216. The van der Waals surface area contributed by atoms with Crippen LogP contribution >= 0.6 is 0 Å². The Hall–Kier alpha value is -2.00. The number of carbonyl (C=O) groups is 2. The van der Waals surface area contributed by atoms with Gasteiger partial charge in [-0.1, -0.05) is 34.9 Å². The Bertz CT molecular complexity index is 766. The van der Waals surface area contributed by atoms with Gasteiger partial charge in [0, 0.05) is 11.1 Å². The molecule has 0 bridgehead atoms. The molecule has 1 rings (SSSR count). The Morgan fingerprint density at radius 2 is 1.47 bits per heavy atom. The van der Waals surface area contributed by atoms with E-state index in [1.807, 2.05) is 6.92 Å². The van der Waals surface area contributed by atoms with Gasteiger partial charge in [-0.25, -0.2) is 0 Å². The van der Waals surface area contributed by atoms with Gasteiger partial charge in [-0.15, -0.1) is 0 Å². The quantitative estimate of drug-likeness (QED) is 0.285. The van der Waals surface area contributed by atoms with Crippen LogP contribution in [0.1, 0.15) is 92.9 Å². The lowest BCUT2D eigenvalue weighted by molar-refractivity contribution is -0.115. The van der Waals surface area contributed by atoms with E-state index in [1.54, 1.807) is 6.92 Å². The van der Waals surface area contributed by atoms with Gasteiger partial charge >= 0.3 is 0 Å². The molecule has 0 radical (unpaired) electrons. The zero-order valence-electron chi connectivity index (χ0n) is 19.8. The number of aliphatic hydroxyl groups is 1. The molecule has 0 saturated heterocycles. The molecule has 30 heavy (non-hydrogen) atoms. The van der Waals surface area contributed by atoms with Gasteiger partial charge in [-0.3, -0.25) is 9.59 Å². The minimum Gasteiger partial charge on any atom is -0.390 e. The molecule has 0 fully saturated rings. The van der Waals surface area contributed by atoms with Crippen LogP contribution < -0.4 is 0 Å². The zero-order valence-corrected chi connectivity index (χ0v) is 19.8. The van der Waals surface area contributed by atoms with Crippen LogP contribution in [0.25, 0.3) is 0 Å². The Morgan fingerprint density at radius 3 is 2.07 bits per heavy atom. The van der Waals surface area contributed by atoms with E-state index in [0.717, 1.165) is 32.1 Å².